The predicted molar refractivity (Wildman–Crippen MR) is 56.9 cm³/mol. The molecule has 0 aliphatic rings. The molecule has 0 atom stereocenters. The van der Waals surface area contributed by atoms with Crippen LogP contribution in [0.15, 0.2) is 0 Å². The van der Waals surface area contributed by atoms with E-state index >= 15 is 0 Å². The van der Waals surface area contributed by atoms with Crippen molar-refractivity contribution in [3.8, 4) is 0 Å². The van der Waals surface area contributed by atoms with E-state index in [1.807, 2.05) is 0 Å². The van der Waals surface area contributed by atoms with E-state index in [4.69, 9.17) is 17.2 Å². The summed E-state index contributed by atoms with van der Waals surface area (Å²) in [4.78, 5) is 39.4. The van der Waals surface area contributed by atoms with Crippen LogP contribution in [-0.4, -0.2) is 33.2 Å². The zero-order chi connectivity index (χ0) is 13.4. The minimum atomic E-state index is -1.03. The van der Waals surface area contributed by atoms with Gasteiger partial charge in [-0.2, -0.15) is 15.0 Å². The van der Waals surface area contributed by atoms with Crippen LogP contribution in [0.2, 0.25) is 0 Å². The van der Waals surface area contributed by atoms with Gasteiger partial charge in [0.05, 0.1) is 0 Å². The fraction of sp³-hybridized carbons (Fsp3) is 0. The van der Waals surface area contributed by atoms with Crippen molar-refractivity contribution >= 4 is 36.1 Å². The van der Waals surface area contributed by atoms with Gasteiger partial charge in [0.25, 0.3) is 5.91 Å². The molecule has 1 aromatic heterocycles. The van der Waals surface area contributed by atoms with Gasteiger partial charge in [0.15, 0.2) is 0 Å². The second-order valence-electron chi connectivity index (χ2n) is 2.38. The SMILES string of the molecule is NC(=O)NC(=O)C=O.Nc1nc(N)nc(N)n1. The number of nitrogens with one attached hydrogen (secondary N) is 1. The molecule has 0 saturated heterocycles. The van der Waals surface area contributed by atoms with Gasteiger partial charge in [-0.1, -0.05) is 0 Å². The zero-order valence-electron chi connectivity index (χ0n) is 8.45. The highest BCUT2D eigenvalue weighted by Crippen LogP contribution is 1.97. The third kappa shape index (κ3) is 7.01. The Balaban J connectivity index is 0.000000304. The molecule has 9 N–H and O–H groups in total. The van der Waals surface area contributed by atoms with Crippen molar-refractivity contribution in [3.05, 3.63) is 0 Å². The number of hydrogen-bond donors (Lipinski definition) is 5. The highest BCUT2D eigenvalue weighted by Gasteiger charge is 1.98. The summed E-state index contributed by atoms with van der Waals surface area (Å²) >= 11 is 0. The van der Waals surface area contributed by atoms with Crippen LogP contribution in [0.4, 0.5) is 22.6 Å². The Morgan fingerprint density at radius 3 is 1.53 bits per heavy atom. The topological polar surface area (TPSA) is 206 Å². The molecular formula is C6H10N8O3. The van der Waals surface area contributed by atoms with Gasteiger partial charge in [0.2, 0.25) is 24.1 Å². The number of urea groups is 1. The minimum absolute atomic E-state index is 0.0369. The lowest BCUT2D eigenvalue weighted by molar-refractivity contribution is -0.130. The zero-order valence-corrected chi connectivity index (χ0v) is 8.45. The Morgan fingerprint density at radius 1 is 1.00 bits per heavy atom. The van der Waals surface area contributed by atoms with Crippen LogP contribution in [0.5, 0.6) is 0 Å². The Labute approximate surface area is 94.6 Å². The van der Waals surface area contributed by atoms with Crippen molar-refractivity contribution in [3.63, 3.8) is 0 Å². The Kier molecular flexibility index (Phi) is 5.36. The summed E-state index contributed by atoms with van der Waals surface area (Å²) in [6.45, 7) is 0. The first kappa shape index (κ1) is 14.0. The van der Waals surface area contributed by atoms with Crippen LogP contribution >= 0.6 is 0 Å². The number of aromatic nitrogens is 3. The van der Waals surface area contributed by atoms with Crippen LogP contribution in [0, 0.1) is 0 Å². The molecule has 11 nitrogen and oxygen atoms in total. The summed E-state index contributed by atoms with van der Waals surface area (Å²) in [5.74, 6) is -0.905. The van der Waals surface area contributed by atoms with Crippen LogP contribution in [0.1, 0.15) is 0 Å². The maximum absolute atomic E-state index is 9.84. The van der Waals surface area contributed by atoms with Gasteiger partial charge in [-0.15, -0.1) is 0 Å². The first-order valence-corrected chi connectivity index (χ1v) is 3.93. The number of carbonyl (C=O) groups is 3. The van der Waals surface area contributed by atoms with Crippen LogP contribution in [-0.2, 0) is 9.59 Å². The van der Waals surface area contributed by atoms with Gasteiger partial charge in [0.1, 0.15) is 0 Å². The molecule has 1 aromatic rings. The van der Waals surface area contributed by atoms with Gasteiger partial charge >= 0.3 is 6.03 Å². The molecule has 3 amide bonds. The van der Waals surface area contributed by atoms with Crippen molar-refractivity contribution < 1.29 is 14.4 Å². The van der Waals surface area contributed by atoms with Crippen molar-refractivity contribution in [2.24, 2.45) is 5.73 Å². The first-order chi connectivity index (χ1) is 7.85. The third-order valence-corrected chi connectivity index (χ3v) is 1.04. The molecule has 0 aromatic carbocycles. The average molecular weight is 242 g/mol. The number of carbonyl (C=O) groups excluding carboxylic acids is 3. The lowest BCUT2D eigenvalue weighted by Crippen LogP contribution is -2.35. The Hall–Kier alpha value is -2.98. The average Bonchev–Trinajstić information content (AvgIpc) is 2.15. The summed E-state index contributed by atoms with van der Waals surface area (Å²) in [5.41, 5.74) is 19.9. The Bertz CT molecular complexity index is 383. The maximum atomic E-state index is 9.84. The molecule has 1 heterocycles. The number of nitrogens with zero attached hydrogens (tertiary/aromatic N) is 3. The van der Waals surface area contributed by atoms with Crippen LogP contribution in [0.25, 0.3) is 0 Å². The molecule has 0 unspecified atom stereocenters. The summed E-state index contributed by atoms with van der Waals surface area (Å²) < 4.78 is 0. The number of rotatable bonds is 1. The van der Waals surface area contributed by atoms with E-state index in [0.717, 1.165) is 0 Å². The molecule has 1 rings (SSSR count). The minimum Gasteiger partial charge on any atom is -0.368 e. The number of hydrogen-bond acceptors (Lipinski definition) is 9. The summed E-state index contributed by atoms with van der Waals surface area (Å²) in [5, 5.41) is 1.52. The number of nitrogens with two attached hydrogens (primary N) is 4. The van der Waals surface area contributed by atoms with Crippen LogP contribution in [0.3, 0.4) is 0 Å². The highest BCUT2D eigenvalue weighted by atomic mass is 16.2. The number of aldehydes is 1. The third-order valence-electron chi connectivity index (χ3n) is 1.04. The molecule has 0 saturated carbocycles. The van der Waals surface area contributed by atoms with Gasteiger partial charge in [-0.3, -0.25) is 14.9 Å². The summed E-state index contributed by atoms with van der Waals surface area (Å²) in [6.07, 6.45) is -0.0369. The lowest BCUT2D eigenvalue weighted by Gasteiger charge is -1.93. The van der Waals surface area contributed by atoms with E-state index < -0.39 is 11.9 Å². The molecule has 11 heteroatoms. The fourth-order valence-electron chi connectivity index (χ4n) is 0.578. The largest absolute Gasteiger partial charge is 0.368 e. The standard InChI is InChI=1S/C3H6N6.C3H4N2O3/c4-1-7-2(5)9-3(6)8-1;4-3(8)5-2(7)1-6/h(H6,4,5,6,7,8,9);1H,(H3,4,5,7,8). The number of primary amides is 1. The lowest BCUT2D eigenvalue weighted by atomic mass is 10.7. The van der Waals surface area contributed by atoms with Gasteiger partial charge in [0, 0.05) is 0 Å². The smallest absolute Gasteiger partial charge is 0.319 e. The van der Waals surface area contributed by atoms with E-state index in [1.165, 1.54) is 5.32 Å². The highest BCUT2D eigenvalue weighted by molar-refractivity contribution is 6.27. The Morgan fingerprint density at radius 2 is 1.35 bits per heavy atom. The summed E-state index contributed by atoms with van der Waals surface area (Å²) in [6, 6.07) is -1.03. The second-order valence-corrected chi connectivity index (χ2v) is 2.38. The van der Waals surface area contributed by atoms with Gasteiger partial charge in [-0.05, 0) is 0 Å². The quantitative estimate of drug-likeness (QED) is 0.250. The van der Waals surface area contributed by atoms with E-state index in [-0.39, 0.29) is 24.1 Å². The molecule has 0 aliphatic heterocycles. The van der Waals surface area contributed by atoms with Crippen molar-refractivity contribution in [2.45, 2.75) is 0 Å². The van der Waals surface area contributed by atoms with E-state index in [0.29, 0.717) is 0 Å². The second kappa shape index (κ2) is 6.49. The first-order valence-electron chi connectivity index (χ1n) is 3.93. The predicted octanol–water partition coefficient (Wildman–Crippen LogP) is -3.00. The normalized spacial score (nSPS) is 8.47. The molecule has 17 heavy (non-hydrogen) atoms. The molecular weight excluding hydrogens is 232 g/mol. The molecule has 92 valence electrons. The summed E-state index contributed by atoms with van der Waals surface area (Å²) in [7, 11) is 0. The number of anilines is 3. The maximum Gasteiger partial charge on any atom is 0.319 e. The molecule has 0 fully saturated rings. The van der Waals surface area contributed by atoms with Crippen molar-refractivity contribution in [2.75, 3.05) is 17.2 Å². The molecule has 0 radical (unpaired) electrons. The van der Waals surface area contributed by atoms with Crippen molar-refractivity contribution in [1.82, 2.24) is 20.3 Å². The van der Waals surface area contributed by atoms with Crippen LogP contribution < -0.4 is 28.3 Å². The number of nitrogen functional groups attached to an aromatic ring is 3. The van der Waals surface area contributed by atoms with E-state index in [9.17, 15) is 14.4 Å². The van der Waals surface area contributed by atoms with Crippen molar-refractivity contribution in [1.29, 1.82) is 0 Å². The molecule has 0 aliphatic carbocycles. The number of imide groups is 1. The number of amides is 3. The molecule has 0 spiro atoms. The van der Waals surface area contributed by atoms with E-state index in [2.05, 4.69) is 20.7 Å². The fourth-order valence-corrected chi connectivity index (χ4v) is 0.578. The monoisotopic (exact) mass is 242 g/mol. The molecule has 0 bridgehead atoms. The van der Waals surface area contributed by atoms with Gasteiger partial charge in [-0.25, -0.2) is 4.79 Å². The van der Waals surface area contributed by atoms with E-state index in [1.54, 1.807) is 0 Å². The van der Waals surface area contributed by atoms with Gasteiger partial charge < -0.3 is 22.9 Å².